The van der Waals surface area contributed by atoms with E-state index in [0.29, 0.717) is 0 Å². The van der Waals surface area contributed by atoms with Gasteiger partial charge in [0, 0.05) is 5.92 Å². The molecule has 0 bridgehead atoms. The molecule has 0 saturated carbocycles. The van der Waals surface area contributed by atoms with Crippen molar-refractivity contribution in [3.63, 3.8) is 0 Å². The summed E-state index contributed by atoms with van der Waals surface area (Å²) in [6.07, 6.45) is -0.415. The lowest BCUT2D eigenvalue weighted by molar-refractivity contribution is -0.149. The number of carbonyl (C=O) groups is 1. The van der Waals surface area contributed by atoms with E-state index in [1.807, 2.05) is 45.0 Å². The van der Waals surface area contributed by atoms with E-state index in [0.717, 1.165) is 33.8 Å². The first kappa shape index (κ1) is 20.8. The van der Waals surface area contributed by atoms with Crippen molar-refractivity contribution in [1.29, 1.82) is 0 Å². The van der Waals surface area contributed by atoms with Crippen LogP contribution in [-0.2, 0) is 9.53 Å². The van der Waals surface area contributed by atoms with Gasteiger partial charge in [0.25, 0.3) is 0 Å². The number of rotatable bonds is 7. The first-order valence-electron chi connectivity index (χ1n) is 9.02. The molecule has 0 aliphatic rings. The van der Waals surface area contributed by atoms with Crippen LogP contribution in [0.2, 0.25) is 0 Å². The van der Waals surface area contributed by atoms with Crippen LogP contribution in [-0.4, -0.2) is 32.3 Å². The van der Waals surface area contributed by atoms with Crippen LogP contribution < -0.4 is 15.2 Å². The lowest BCUT2D eigenvalue weighted by Gasteiger charge is -2.27. The van der Waals surface area contributed by atoms with Gasteiger partial charge in [-0.2, -0.15) is 0 Å². The normalized spacial score (nSPS) is 13.2. The number of methoxy groups -OCH3 is 2. The Morgan fingerprint density at radius 3 is 1.67 bits per heavy atom. The van der Waals surface area contributed by atoms with E-state index in [2.05, 4.69) is 12.1 Å². The lowest BCUT2D eigenvalue weighted by atomic mass is 9.85. The van der Waals surface area contributed by atoms with Crippen molar-refractivity contribution in [2.75, 3.05) is 14.2 Å². The van der Waals surface area contributed by atoms with Crippen LogP contribution >= 0.6 is 0 Å². The van der Waals surface area contributed by atoms with E-state index >= 15 is 0 Å². The van der Waals surface area contributed by atoms with E-state index in [1.54, 1.807) is 21.1 Å². The van der Waals surface area contributed by atoms with Gasteiger partial charge in [0.2, 0.25) is 0 Å². The summed E-state index contributed by atoms with van der Waals surface area (Å²) >= 11 is 0. The van der Waals surface area contributed by atoms with Gasteiger partial charge in [-0.15, -0.1) is 0 Å². The second-order valence-corrected chi connectivity index (χ2v) is 6.98. The summed E-state index contributed by atoms with van der Waals surface area (Å²) in [5.74, 6) is 0.919. The van der Waals surface area contributed by atoms with E-state index < -0.39 is 18.1 Å². The van der Waals surface area contributed by atoms with Crippen LogP contribution in [0, 0.1) is 13.8 Å². The summed E-state index contributed by atoms with van der Waals surface area (Å²) < 4.78 is 16.5. The van der Waals surface area contributed by atoms with Crippen LogP contribution in [0.1, 0.15) is 42.0 Å². The zero-order valence-electron chi connectivity index (χ0n) is 16.9. The van der Waals surface area contributed by atoms with E-state index in [4.69, 9.17) is 19.9 Å². The Bertz CT molecular complexity index is 747. The molecule has 27 heavy (non-hydrogen) atoms. The maximum Gasteiger partial charge on any atom is 0.322 e. The van der Waals surface area contributed by atoms with Gasteiger partial charge in [0.15, 0.2) is 0 Å². The molecule has 0 heterocycles. The van der Waals surface area contributed by atoms with Gasteiger partial charge < -0.3 is 19.9 Å². The van der Waals surface area contributed by atoms with Crippen molar-refractivity contribution in [3.05, 3.63) is 58.7 Å². The first-order chi connectivity index (χ1) is 12.7. The number of nitrogens with two attached hydrogens (primary N) is 1. The summed E-state index contributed by atoms with van der Waals surface area (Å²) in [4.78, 5) is 12.1. The number of benzene rings is 2. The van der Waals surface area contributed by atoms with Crippen LogP contribution in [0.25, 0.3) is 0 Å². The number of aryl methyl sites for hydroxylation is 2. The smallest absolute Gasteiger partial charge is 0.322 e. The standard InChI is InChI=1S/C22H29NO4/c1-13-7-17(11-19(9-13)25-5)21(16(4)27-22(24)15(3)23)18-8-14(2)10-20(12-18)26-6/h7-12,15-16,21H,23H2,1-6H3/t15-,16-/m0/s1. The van der Waals surface area contributed by atoms with Gasteiger partial charge in [-0.05, 0) is 74.2 Å². The van der Waals surface area contributed by atoms with Gasteiger partial charge >= 0.3 is 5.97 Å². The molecule has 0 fully saturated rings. The molecule has 5 nitrogen and oxygen atoms in total. The fourth-order valence-corrected chi connectivity index (χ4v) is 3.24. The summed E-state index contributed by atoms with van der Waals surface area (Å²) in [6.45, 7) is 7.53. The zero-order valence-corrected chi connectivity index (χ0v) is 16.9. The Labute approximate surface area is 161 Å². The van der Waals surface area contributed by atoms with Crippen LogP contribution in [0.15, 0.2) is 36.4 Å². The molecule has 0 aromatic heterocycles. The maximum absolute atomic E-state index is 12.1. The van der Waals surface area contributed by atoms with Gasteiger partial charge in [-0.1, -0.05) is 12.1 Å². The second-order valence-electron chi connectivity index (χ2n) is 6.98. The maximum atomic E-state index is 12.1. The highest BCUT2D eigenvalue weighted by atomic mass is 16.5. The molecule has 0 aliphatic carbocycles. The fourth-order valence-electron chi connectivity index (χ4n) is 3.24. The molecular weight excluding hydrogens is 342 g/mol. The molecular formula is C22H29NO4. The summed E-state index contributed by atoms with van der Waals surface area (Å²) in [5.41, 5.74) is 9.83. The number of ether oxygens (including phenoxy) is 3. The van der Waals surface area contributed by atoms with Crippen molar-refractivity contribution in [3.8, 4) is 11.5 Å². The van der Waals surface area contributed by atoms with Crippen LogP contribution in [0.5, 0.6) is 11.5 Å². The molecule has 146 valence electrons. The van der Waals surface area contributed by atoms with Gasteiger partial charge in [0.05, 0.1) is 14.2 Å². The molecule has 2 atom stereocenters. The Hall–Kier alpha value is -2.53. The highest BCUT2D eigenvalue weighted by Gasteiger charge is 2.27. The third-order valence-corrected chi connectivity index (χ3v) is 4.48. The number of hydrogen-bond donors (Lipinski definition) is 1. The zero-order chi connectivity index (χ0) is 20.1. The lowest BCUT2D eigenvalue weighted by Crippen LogP contribution is -2.33. The van der Waals surface area contributed by atoms with E-state index in [1.165, 1.54) is 0 Å². The van der Waals surface area contributed by atoms with Crippen molar-refractivity contribution in [2.24, 2.45) is 5.73 Å². The minimum atomic E-state index is -0.674. The number of carbonyl (C=O) groups excluding carboxylic acids is 1. The highest BCUT2D eigenvalue weighted by Crippen LogP contribution is 2.35. The molecule has 2 N–H and O–H groups in total. The molecule has 0 saturated heterocycles. The Kier molecular flexibility index (Phi) is 6.86. The monoisotopic (exact) mass is 371 g/mol. The number of esters is 1. The Morgan fingerprint density at radius 1 is 0.852 bits per heavy atom. The Balaban J connectivity index is 2.56. The molecule has 0 spiro atoms. The third kappa shape index (κ3) is 5.23. The van der Waals surface area contributed by atoms with E-state index in [-0.39, 0.29) is 5.92 Å². The van der Waals surface area contributed by atoms with Crippen molar-refractivity contribution < 1.29 is 19.0 Å². The molecule has 2 aromatic rings. The van der Waals surface area contributed by atoms with Gasteiger partial charge in [0.1, 0.15) is 23.6 Å². The second kappa shape index (κ2) is 8.91. The Morgan fingerprint density at radius 2 is 1.30 bits per heavy atom. The first-order valence-corrected chi connectivity index (χ1v) is 9.02. The molecule has 2 aromatic carbocycles. The fraction of sp³-hybridized carbons (Fsp3) is 0.409. The van der Waals surface area contributed by atoms with Gasteiger partial charge in [-0.25, -0.2) is 0 Å². The predicted octanol–water partition coefficient (Wildman–Crippen LogP) is 3.73. The average molecular weight is 371 g/mol. The van der Waals surface area contributed by atoms with Crippen LogP contribution in [0.4, 0.5) is 0 Å². The number of hydrogen-bond acceptors (Lipinski definition) is 5. The average Bonchev–Trinajstić information content (AvgIpc) is 2.60. The molecule has 0 unspecified atom stereocenters. The van der Waals surface area contributed by atoms with E-state index in [9.17, 15) is 4.79 Å². The van der Waals surface area contributed by atoms with Crippen molar-refractivity contribution in [2.45, 2.75) is 45.8 Å². The topological polar surface area (TPSA) is 70.8 Å². The summed E-state index contributed by atoms with van der Waals surface area (Å²) in [6, 6.07) is 11.4. The predicted molar refractivity (Wildman–Crippen MR) is 107 cm³/mol. The largest absolute Gasteiger partial charge is 0.497 e. The molecule has 5 heteroatoms. The minimum absolute atomic E-state index is 0.185. The summed E-state index contributed by atoms with van der Waals surface area (Å²) in [7, 11) is 3.28. The molecule has 2 rings (SSSR count). The van der Waals surface area contributed by atoms with Crippen LogP contribution in [0.3, 0.4) is 0 Å². The van der Waals surface area contributed by atoms with Gasteiger partial charge in [-0.3, -0.25) is 4.79 Å². The highest BCUT2D eigenvalue weighted by molar-refractivity contribution is 5.75. The molecule has 0 aliphatic heterocycles. The minimum Gasteiger partial charge on any atom is -0.497 e. The van der Waals surface area contributed by atoms with Crippen molar-refractivity contribution >= 4 is 5.97 Å². The quantitative estimate of drug-likeness (QED) is 0.751. The molecule has 0 radical (unpaired) electrons. The van der Waals surface area contributed by atoms with Crippen molar-refractivity contribution in [1.82, 2.24) is 0 Å². The third-order valence-electron chi connectivity index (χ3n) is 4.48. The SMILES string of the molecule is COc1cc(C)cc(C(c2cc(C)cc(OC)c2)[C@H](C)OC(=O)[C@H](C)N)c1. The molecule has 0 amide bonds. The summed E-state index contributed by atoms with van der Waals surface area (Å²) in [5, 5.41) is 0.